The largest absolute Gasteiger partial charge is 0.274 e. The lowest BCUT2D eigenvalue weighted by Gasteiger charge is -2.31. The zero-order chi connectivity index (χ0) is 22.3. The number of carbonyl (C=O) groups excluding carboxylic acids is 3. The maximum atomic E-state index is 13.5. The maximum absolute atomic E-state index is 13.5. The third kappa shape index (κ3) is 4.10. The first-order valence-electron chi connectivity index (χ1n) is 9.81. The lowest BCUT2D eigenvalue weighted by molar-refractivity contribution is -0.155. The zero-order valence-corrected chi connectivity index (χ0v) is 18.9. The summed E-state index contributed by atoms with van der Waals surface area (Å²) < 4.78 is 0. The van der Waals surface area contributed by atoms with Crippen LogP contribution in [0.25, 0.3) is 0 Å². The van der Waals surface area contributed by atoms with E-state index < -0.39 is 17.7 Å². The fourth-order valence-corrected chi connectivity index (χ4v) is 4.61. The molecule has 2 aliphatic rings. The van der Waals surface area contributed by atoms with Gasteiger partial charge in [0.2, 0.25) is 0 Å². The fraction of sp³-hybridized carbons (Fsp3) is 0.261. The van der Waals surface area contributed by atoms with Crippen LogP contribution in [0.5, 0.6) is 0 Å². The van der Waals surface area contributed by atoms with Crippen molar-refractivity contribution in [2.75, 3.05) is 0 Å². The molecule has 0 bridgehead atoms. The highest BCUT2D eigenvalue weighted by molar-refractivity contribution is 6.42. The second-order valence-electron chi connectivity index (χ2n) is 7.78. The Balaban J connectivity index is 1.74. The quantitative estimate of drug-likeness (QED) is 0.429. The van der Waals surface area contributed by atoms with Crippen LogP contribution in [-0.4, -0.2) is 27.7 Å². The number of fused-ring (bicyclic) bond motifs is 1. The summed E-state index contributed by atoms with van der Waals surface area (Å²) in [6.07, 6.45) is 2.97. The summed E-state index contributed by atoms with van der Waals surface area (Å²) in [7, 11) is 0. The molecule has 0 saturated carbocycles. The van der Waals surface area contributed by atoms with E-state index in [1.54, 1.807) is 42.5 Å². The molecule has 0 unspecified atom stereocenters. The monoisotopic (exact) mass is 476 g/mol. The van der Waals surface area contributed by atoms with Gasteiger partial charge < -0.3 is 0 Å². The Hall–Kier alpha value is -2.34. The number of carbonyl (C=O) groups is 3. The number of amides is 3. The number of hydrogen-bond acceptors (Lipinski definition) is 3. The molecule has 1 aliphatic carbocycles. The minimum atomic E-state index is -0.540. The molecule has 160 valence electrons. The van der Waals surface area contributed by atoms with Crippen molar-refractivity contribution in [3.8, 4) is 0 Å². The van der Waals surface area contributed by atoms with Crippen molar-refractivity contribution in [2.45, 2.75) is 26.3 Å². The number of nitrogens with zero attached hydrogens (tertiary/aromatic N) is 2. The molecule has 1 saturated heterocycles. The molecule has 1 heterocycles. The van der Waals surface area contributed by atoms with Gasteiger partial charge >= 0.3 is 0 Å². The average molecular weight is 478 g/mol. The standard InChI is InChI=1S/C23H19Cl3N2O3/c1-13-6-8-15-17(10-13)23(31)28(22(15)30)27(12-14-7-9-19(25)20(26)11-14)21(29)16-4-2-3-5-18(16)24/h2-7,9,11,15,17H,8,10,12H2,1H3/t15-,17-/m0/s1. The predicted octanol–water partition coefficient (Wildman–Crippen LogP) is 5.55. The second kappa shape index (κ2) is 8.65. The first-order chi connectivity index (χ1) is 14.8. The van der Waals surface area contributed by atoms with Gasteiger partial charge in [0.05, 0.1) is 39.0 Å². The molecule has 31 heavy (non-hydrogen) atoms. The van der Waals surface area contributed by atoms with E-state index in [-0.39, 0.29) is 28.9 Å². The molecule has 3 amide bonds. The summed E-state index contributed by atoms with van der Waals surface area (Å²) >= 11 is 18.4. The molecule has 2 aromatic rings. The van der Waals surface area contributed by atoms with E-state index in [1.165, 1.54) is 5.01 Å². The van der Waals surface area contributed by atoms with Crippen molar-refractivity contribution in [2.24, 2.45) is 11.8 Å². The maximum Gasteiger partial charge on any atom is 0.274 e. The molecular formula is C23H19Cl3N2O3. The number of allylic oxidation sites excluding steroid dienone is 2. The molecule has 1 aliphatic heterocycles. The van der Waals surface area contributed by atoms with E-state index in [9.17, 15) is 14.4 Å². The third-order valence-electron chi connectivity index (χ3n) is 5.70. The topological polar surface area (TPSA) is 57.7 Å². The lowest BCUT2D eigenvalue weighted by Crippen LogP contribution is -2.49. The van der Waals surface area contributed by atoms with Crippen molar-refractivity contribution < 1.29 is 14.4 Å². The predicted molar refractivity (Wildman–Crippen MR) is 120 cm³/mol. The summed E-state index contributed by atoms with van der Waals surface area (Å²) in [5.74, 6) is -2.22. The van der Waals surface area contributed by atoms with Crippen LogP contribution in [0.2, 0.25) is 15.1 Å². The second-order valence-corrected chi connectivity index (χ2v) is 9.00. The summed E-state index contributed by atoms with van der Waals surface area (Å²) in [6, 6.07) is 11.5. The number of hydrazine groups is 1. The van der Waals surface area contributed by atoms with Crippen LogP contribution in [-0.2, 0) is 16.1 Å². The average Bonchev–Trinajstić information content (AvgIpc) is 2.98. The van der Waals surface area contributed by atoms with Gasteiger partial charge in [-0.05, 0) is 49.6 Å². The van der Waals surface area contributed by atoms with Crippen LogP contribution >= 0.6 is 34.8 Å². The molecule has 2 aromatic carbocycles. The minimum Gasteiger partial charge on any atom is -0.272 e. The number of halogens is 3. The van der Waals surface area contributed by atoms with Crippen LogP contribution in [0.1, 0.15) is 35.7 Å². The smallest absolute Gasteiger partial charge is 0.272 e. The van der Waals surface area contributed by atoms with Crippen LogP contribution in [0.15, 0.2) is 54.1 Å². The Morgan fingerprint density at radius 2 is 1.71 bits per heavy atom. The van der Waals surface area contributed by atoms with Gasteiger partial charge in [0.25, 0.3) is 17.7 Å². The summed E-state index contributed by atoms with van der Waals surface area (Å²) in [4.78, 5) is 40.0. The molecule has 0 radical (unpaired) electrons. The molecule has 0 spiro atoms. The molecule has 2 atom stereocenters. The molecule has 0 aromatic heterocycles. The summed E-state index contributed by atoms with van der Waals surface area (Å²) in [5, 5.41) is 3.09. The Kier molecular flexibility index (Phi) is 6.11. The van der Waals surface area contributed by atoms with E-state index in [0.717, 1.165) is 10.6 Å². The Morgan fingerprint density at radius 3 is 2.42 bits per heavy atom. The lowest BCUT2D eigenvalue weighted by atomic mass is 9.82. The van der Waals surface area contributed by atoms with Gasteiger partial charge in [0.1, 0.15) is 0 Å². The van der Waals surface area contributed by atoms with Crippen molar-refractivity contribution in [3.63, 3.8) is 0 Å². The minimum absolute atomic E-state index is 0.0374. The van der Waals surface area contributed by atoms with Gasteiger partial charge in [-0.3, -0.25) is 14.4 Å². The number of benzene rings is 2. The molecular weight excluding hydrogens is 459 g/mol. The van der Waals surface area contributed by atoms with E-state index >= 15 is 0 Å². The van der Waals surface area contributed by atoms with Gasteiger partial charge in [0.15, 0.2) is 0 Å². The van der Waals surface area contributed by atoms with E-state index in [1.807, 2.05) is 13.0 Å². The van der Waals surface area contributed by atoms with Crippen LogP contribution in [0.4, 0.5) is 0 Å². The van der Waals surface area contributed by atoms with Crippen LogP contribution in [0, 0.1) is 11.8 Å². The number of hydrogen-bond donors (Lipinski definition) is 0. The SMILES string of the molecule is CC1=CC[C@@H]2C(=O)N(N(Cc3ccc(Cl)c(Cl)c3)C(=O)c3ccccc3Cl)C(=O)[C@H]2C1. The Bertz CT molecular complexity index is 1110. The molecule has 8 heteroatoms. The van der Waals surface area contributed by atoms with Crippen molar-refractivity contribution in [1.29, 1.82) is 0 Å². The highest BCUT2D eigenvalue weighted by atomic mass is 35.5. The van der Waals surface area contributed by atoms with Crippen molar-refractivity contribution >= 4 is 52.5 Å². The Morgan fingerprint density at radius 1 is 1.00 bits per heavy atom. The third-order valence-corrected chi connectivity index (χ3v) is 6.76. The molecule has 5 nitrogen and oxygen atoms in total. The van der Waals surface area contributed by atoms with Gasteiger partial charge in [-0.1, -0.05) is 64.7 Å². The summed E-state index contributed by atoms with van der Waals surface area (Å²) in [6.45, 7) is 1.91. The van der Waals surface area contributed by atoms with E-state index in [0.29, 0.717) is 28.5 Å². The van der Waals surface area contributed by atoms with Crippen molar-refractivity contribution in [1.82, 2.24) is 10.0 Å². The summed E-state index contributed by atoms with van der Waals surface area (Å²) in [5.41, 5.74) is 1.89. The van der Waals surface area contributed by atoms with Crippen LogP contribution < -0.4 is 0 Å². The first-order valence-corrected chi connectivity index (χ1v) is 10.9. The van der Waals surface area contributed by atoms with Gasteiger partial charge in [0, 0.05) is 0 Å². The molecule has 4 rings (SSSR count). The van der Waals surface area contributed by atoms with E-state index in [2.05, 4.69) is 0 Å². The fourth-order valence-electron chi connectivity index (χ4n) is 4.08. The molecule has 1 fully saturated rings. The number of imide groups is 1. The highest BCUT2D eigenvalue weighted by Gasteiger charge is 2.51. The highest BCUT2D eigenvalue weighted by Crippen LogP contribution is 2.39. The Labute approximate surface area is 195 Å². The first kappa shape index (κ1) is 21.9. The zero-order valence-electron chi connectivity index (χ0n) is 16.6. The van der Waals surface area contributed by atoms with Gasteiger partial charge in [-0.15, -0.1) is 0 Å². The van der Waals surface area contributed by atoms with Gasteiger partial charge in [-0.2, -0.15) is 5.01 Å². The van der Waals surface area contributed by atoms with Crippen molar-refractivity contribution in [3.05, 3.63) is 80.3 Å². The number of rotatable bonds is 4. The van der Waals surface area contributed by atoms with Crippen LogP contribution in [0.3, 0.4) is 0 Å². The van der Waals surface area contributed by atoms with Gasteiger partial charge in [-0.25, -0.2) is 5.01 Å². The molecule has 0 N–H and O–H groups in total. The van der Waals surface area contributed by atoms with E-state index in [4.69, 9.17) is 34.8 Å². The normalized spacial score (nSPS) is 20.5.